The number of benzene rings is 1. The Morgan fingerprint density at radius 3 is 2.85 bits per heavy atom. The van der Waals surface area contributed by atoms with Crippen LogP contribution in [0.3, 0.4) is 0 Å². The third kappa shape index (κ3) is 3.81. The highest BCUT2D eigenvalue weighted by atomic mass is 35.5. The van der Waals surface area contributed by atoms with Crippen LogP contribution in [-0.4, -0.2) is 29.0 Å². The molecule has 0 bridgehead atoms. The van der Waals surface area contributed by atoms with Crippen molar-refractivity contribution in [2.24, 2.45) is 0 Å². The molecule has 0 unspecified atom stereocenters. The number of halogens is 1. The van der Waals surface area contributed by atoms with E-state index in [1.165, 1.54) is 0 Å². The molecule has 20 heavy (non-hydrogen) atoms. The molecule has 0 aliphatic rings. The number of aromatic nitrogens is 2. The molecule has 106 valence electrons. The van der Waals surface area contributed by atoms with E-state index in [0.29, 0.717) is 25.3 Å². The minimum absolute atomic E-state index is 0.0313. The Balaban J connectivity index is 2.01. The van der Waals surface area contributed by atoms with Crippen molar-refractivity contribution in [2.75, 3.05) is 18.4 Å². The van der Waals surface area contributed by atoms with Gasteiger partial charge >= 0.3 is 0 Å². The number of para-hydroxylation sites is 1. The van der Waals surface area contributed by atoms with Gasteiger partial charge in [-0.15, -0.1) is 0 Å². The zero-order valence-corrected chi connectivity index (χ0v) is 12.1. The van der Waals surface area contributed by atoms with Gasteiger partial charge in [0.2, 0.25) is 11.2 Å². The van der Waals surface area contributed by atoms with Crippen LogP contribution in [-0.2, 0) is 4.79 Å². The van der Waals surface area contributed by atoms with Crippen molar-refractivity contribution in [3.63, 3.8) is 0 Å². The molecule has 1 aromatic heterocycles. The minimum atomic E-state index is 0.0313. The third-order valence-corrected chi connectivity index (χ3v) is 2.96. The summed E-state index contributed by atoms with van der Waals surface area (Å²) < 4.78 is 0. The Morgan fingerprint density at radius 2 is 2.05 bits per heavy atom. The summed E-state index contributed by atoms with van der Waals surface area (Å²) in [5, 5.41) is 7.06. The molecule has 1 amide bonds. The number of rotatable bonds is 6. The second kappa shape index (κ2) is 7.05. The monoisotopic (exact) mass is 292 g/mol. The molecule has 0 spiro atoms. The lowest BCUT2D eigenvalue weighted by molar-refractivity contribution is -0.120. The van der Waals surface area contributed by atoms with Crippen molar-refractivity contribution in [1.82, 2.24) is 15.3 Å². The van der Waals surface area contributed by atoms with Crippen LogP contribution in [0.15, 0.2) is 24.3 Å². The summed E-state index contributed by atoms with van der Waals surface area (Å²) in [7, 11) is 0. The maximum atomic E-state index is 11.5. The first-order valence-electron chi connectivity index (χ1n) is 6.63. The average Bonchev–Trinajstić information content (AvgIpc) is 2.45. The summed E-state index contributed by atoms with van der Waals surface area (Å²) in [5.74, 6) is 0.688. The van der Waals surface area contributed by atoms with Gasteiger partial charge in [0.15, 0.2) is 0 Å². The van der Waals surface area contributed by atoms with Gasteiger partial charge in [-0.3, -0.25) is 4.79 Å². The Kier molecular flexibility index (Phi) is 5.12. The van der Waals surface area contributed by atoms with Gasteiger partial charge in [-0.1, -0.05) is 19.1 Å². The van der Waals surface area contributed by atoms with E-state index in [1.807, 2.05) is 31.2 Å². The molecular weight excluding hydrogens is 276 g/mol. The van der Waals surface area contributed by atoms with Gasteiger partial charge in [0.25, 0.3) is 0 Å². The van der Waals surface area contributed by atoms with Gasteiger partial charge in [-0.25, -0.2) is 9.97 Å². The summed E-state index contributed by atoms with van der Waals surface area (Å²) in [4.78, 5) is 19.8. The van der Waals surface area contributed by atoms with Gasteiger partial charge in [-0.2, -0.15) is 0 Å². The van der Waals surface area contributed by atoms with E-state index in [9.17, 15) is 4.79 Å². The number of hydrogen-bond acceptors (Lipinski definition) is 4. The molecule has 0 fully saturated rings. The van der Waals surface area contributed by atoms with Crippen molar-refractivity contribution < 1.29 is 4.79 Å². The van der Waals surface area contributed by atoms with Crippen LogP contribution in [0, 0.1) is 0 Å². The van der Waals surface area contributed by atoms with E-state index >= 15 is 0 Å². The lowest BCUT2D eigenvalue weighted by Gasteiger charge is -2.09. The quantitative estimate of drug-likeness (QED) is 0.803. The zero-order valence-electron chi connectivity index (χ0n) is 11.3. The number of amides is 1. The molecule has 2 rings (SSSR count). The van der Waals surface area contributed by atoms with Crippen LogP contribution in [0.5, 0.6) is 0 Å². The number of fused-ring (bicyclic) bond motifs is 1. The molecular formula is C14H17ClN4O. The van der Waals surface area contributed by atoms with Crippen molar-refractivity contribution in [3.05, 3.63) is 29.5 Å². The molecule has 5 nitrogen and oxygen atoms in total. The van der Waals surface area contributed by atoms with Crippen molar-refractivity contribution >= 4 is 34.2 Å². The number of carbonyl (C=O) groups is 1. The number of carbonyl (C=O) groups excluding carboxylic acids is 1. The Bertz CT molecular complexity index is 603. The van der Waals surface area contributed by atoms with Crippen LogP contribution in [0.2, 0.25) is 5.28 Å². The average molecular weight is 293 g/mol. The SMILES string of the molecule is CCCNC(=O)CCNc1nc(Cl)nc2ccccc12. The summed E-state index contributed by atoms with van der Waals surface area (Å²) in [6.07, 6.45) is 1.33. The minimum Gasteiger partial charge on any atom is -0.369 e. The standard InChI is InChI=1S/C14H17ClN4O/c1-2-8-16-12(20)7-9-17-13-10-5-3-4-6-11(10)18-14(15)19-13/h3-6H,2,7-9H2,1H3,(H,16,20)(H,17,18,19). The first-order chi connectivity index (χ1) is 9.70. The first kappa shape index (κ1) is 14.5. The van der Waals surface area contributed by atoms with Gasteiger partial charge in [0.05, 0.1) is 5.52 Å². The summed E-state index contributed by atoms with van der Waals surface area (Å²) in [5.41, 5.74) is 0.783. The lowest BCUT2D eigenvalue weighted by Crippen LogP contribution is -2.26. The molecule has 1 heterocycles. The first-order valence-corrected chi connectivity index (χ1v) is 7.01. The number of hydrogen-bond donors (Lipinski definition) is 2. The second-order valence-corrected chi connectivity index (χ2v) is 4.72. The molecule has 1 aromatic carbocycles. The Labute approximate surface area is 122 Å². The van der Waals surface area contributed by atoms with Crippen molar-refractivity contribution in [1.29, 1.82) is 0 Å². The summed E-state index contributed by atoms with van der Waals surface area (Å²) in [6, 6.07) is 7.61. The van der Waals surface area contributed by atoms with E-state index in [2.05, 4.69) is 20.6 Å². The van der Waals surface area contributed by atoms with E-state index in [-0.39, 0.29) is 11.2 Å². The topological polar surface area (TPSA) is 66.9 Å². The number of nitrogens with one attached hydrogen (secondary N) is 2. The number of anilines is 1. The smallest absolute Gasteiger partial charge is 0.224 e. The molecule has 0 aliphatic heterocycles. The van der Waals surface area contributed by atoms with Gasteiger partial charge < -0.3 is 10.6 Å². The zero-order chi connectivity index (χ0) is 14.4. The second-order valence-electron chi connectivity index (χ2n) is 4.39. The fourth-order valence-corrected chi connectivity index (χ4v) is 2.01. The molecule has 0 saturated carbocycles. The molecule has 2 aromatic rings. The van der Waals surface area contributed by atoms with Crippen LogP contribution in [0.25, 0.3) is 10.9 Å². The van der Waals surface area contributed by atoms with Gasteiger partial charge in [0.1, 0.15) is 5.82 Å². The Hall–Kier alpha value is -1.88. The van der Waals surface area contributed by atoms with Crippen molar-refractivity contribution in [2.45, 2.75) is 19.8 Å². The third-order valence-electron chi connectivity index (χ3n) is 2.79. The van der Waals surface area contributed by atoms with Crippen LogP contribution in [0.4, 0.5) is 5.82 Å². The van der Waals surface area contributed by atoms with Crippen molar-refractivity contribution in [3.8, 4) is 0 Å². The highest BCUT2D eigenvalue weighted by Crippen LogP contribution is 2.21. The van der Waals surface area contributed by atoms with E-state index in [0.717, 1.165) is 17.3 Å². The molecule has 6 heteroatoms. The fourth-order valence-electron chi connectivity index (χ4n) is 1.83. The summed E-state index contributed by atoms with van der Waals surface area (Å²) in [6.45, 7) is 3.24. The highest BCUT2D eigenvalue weighted by molar-refractivity contribution is 6.28. The molecule has 0 aliphatic carbocycles. The summed E-state index contributed by atoms with van der Waals surface area (Å²) >= 11 is 5.89. The van der Waals surface area contributed by atoms with E-state index in [1.54, 1.807) is 0 Å². The van der Waals surface area contributed by atoms with Crippen LogP contribution in [0.1, 0.15) is 19.8 Å². The maximum Gasteiger partial charge on any atom is 0.224 e. The lowest BCUT2D eigenvalue weighted by atomic mass is 10.2. The van der Waals surface area contributed by atoms with Crippen LogP contribution >= 0.6 is 11.6 Å². The van der Waals surface area contributed by atoms with Gasteiger partial charge in [0, 0.05) is 24.9 Å². The molecule has 2 N–H and O–H groups in total. The van der Waals surface area contributed by atoms with Gasteiger partial charge in [-0.05, 0) is 30.2 Å². The fraction of sp³-hybridized carbons (Fsp3) is 0.357. The largest absolute Gasteiger partial charge is 0.369 e. The van der Waals surface area contributed by atoms with E-state index < -0.39 is 0 Å². The number of nitrogens with zero attached hydrogens (tertiary/aromatic N) is 2. The molecule has 0 saturated heterocycles. The predicted molar refractivity (Wildman–Crippen MR) is 81.0 cm³/mol. The highest BCUT2D eigenvalue weighted by Gasteiger charge is 2.06. The normalized spacial score (nSPS) is 10.5. The predicted octanol–water partition coefficient (Wildman–Crippen LogP) is 2.61. The van der Waals surface area contributed by atoms with E-state index in [4.69, 9.17) is 11.6 Å². The maximum absolute atomic E-state index is 11.5. The van der Waals surface area contributed by atoms with Crippen LogP contribution < -0.4 is 10.6 Å². The Morgan fingerprint density at radius 1 is 1.25 bits per heavy atom. The molecule has 0 radical (unpaired) electrons. The molecule has 0 atom stereocenters.